The number of carbonyl (C=O) groups excluding carboxylic acids is 7. The van der Waals surface area contributed by atoms with Crippen LogP contribution in [0.4, 0.5) is 0 Å². The third-order valence-electron chi connectivity index (χ3n) is 34.5. The molecule has 0 N–H and O–H groups in total. The van der Waals surface area contributed by atoms with E-state index in [2.05, 4.69) is 96.9 Å². The maximum Gasteiger partial charge on any atom is 0.312 e. The van der Waals surface area contributed by atoms with Crippen LogP contribution in [0.15, 0.2) is 0 Å². The third-order valence-corrected chi connectivity index (χ3v) is 34.5. The molecule has 0 radical (unpaired) electrons. The lowest BCUT2D eigenvalue weighted by atomic mass is 9.65. The van der Waals surface area contributed by atoms with E-state index >= 15 is 0 Å². The fourth-order valence-corrected chi connectivity index (χ4v) is 19.8. The van der Waals surface area contributed by atoms with Crippen LogP contribution in [0.1, 0.15) is 659 Å². The van der Waals surface area contributed by atoms with E-state index in [-0.39, 0.29) is 234 Å². The van der Waals surface area contributed by atoms with Crippen molar-refractivity contribution in [2.45, 2.75) is 699 Å². The van der Waals surface area contributed by atoms with Crippen LogP contribution in [0.2, 0.25) is 0 Å². The van der Waals surface area contributed by atoms with Gasteiger partial charge in [0.25, 0.3) is 0 Å². The largest absolute Gasteiger partial charge is 0.459 e. The van der Waals surface area contributed by atoms with Crippen molar-refractivity contribution in [3.63, 3.8) is 0 Å². The lowest BCUT2D eigenvalue weighted by Gasteiger charge is -2.47. The SMILES string of the molecule is C.C.C.C.C.C.C.C.C.C.C.C.C.C.CCC(C)(C)C(=O)OC(C)(C)C1CCCCC1.CCC(C)(C)C(=O)OC(C)(C1CCCCC1)C1CCCCC1.CCC(C)(C)C(=O)OC1(C)CC2CCC1(C)C2(C)C.CCC(C)(C)C(=O)OC1(C)CCCCC1.CCC(C)(C)C(=O)OC1(C)CCCCCC1.CCC(C)(C)C(=O)OC1(C)CCCCCCC1.CCC(C)(C)C(=O)OC1(C)CCCCCCCCC1. The molecule has 9 saturated carbocycles. The molecule has 14 heteroatoms. The van der Waals surface area contributed by atoms with Crippen molar-refractivity contribution in [1.82, 2.24) is 0 Å². The van der Waals surface area contributed by atoms with E-state index < -0.39 is 0 Å². The van der Waals surface area contributed by atoms with Gasteiger partial charge < -0.3 is 33.2 Å². The molecule has 9 fully saturated rings. The molecule has 0 saturated heterocycles. The standard InChI is InChI=1S/C20H36O2.C17H30O2.C17H32O2.2C15H28O2.C14H26O2.C13H24O2.14CH4/c1-5-19(2,3)18(21)22-20(4,16-12-8-6-9-13-16)17-14-10-7-11-15-17;1-8-14(2,3)13(18)19-17(7)11-12-9-10-16(17,6)15(12,4)5;1-5-16(2,3)15(18)19-17(4)13-11-9-7-6-8-10-12-14-17;1-6-14(2,3)13(16)17-15(4,5)12-10-8-7-9-11-12;1-5-14(2,3)13(16)17-15(4)11-9-7-6-8-10-12-15;1-5-13(2,3)12(15)16-14(4)10-8-6-7-9-11-14;1-5-12(2,3)11(14)15-13(4)9-7-6-8-10-13;;;;;;;;;;;;;;/h16-17H,5-15H2,1-4H3;12H,8-11H2,1-7H3;5-14H2,1-4H3;12H,6-11H2,1-5H3;5-12H2,1-4H3;5-11H2,1-4H3;5-10H2,1-4H3;14*1H4. The second-order valence-corrected chi connectivity index (χ2v) is 48.4. The van der Waals surface area contributed by atoms with E-state index in [9.17, 15) is 33.6 Å². The van der Waals surface area contributed by atoms with Gasteiger partial charge in [0.1, 0.15) is 39.2 Å². The van der Waals surface area contributed by atoms with Crippen molar-refractivity contribution < 1.29 is 66.7 Å². The summed E-state index contributed by atoms with van der Waals surface area (Å²) in [7, 11) is 0. The molecule has 9 rings (SSSR count). The average molecular weight is 1990 g/mol. The zero-order valence-electron chi connectivity index (χ0n) is 88.3. The molecule has 0 aliphatic heterocycles. The molecule has 0 amide bonds. The van der Waals surface area contributed by atoms with Crippen LogP contribution in [0.5, 0.6) is 0 Å². The summed E-state index contributed by atoms with van der Waals surface area (Å²) < 4.78 is 41.4. The molecule has 0 aromatic rings. The molecule has 0 heterocycles. The normalized spacial score (nSPS) is 21.7. The summed E-state index contributed by atoms with van der Waals surface area (Å²) in [6.45, 7) is 66.1. The fraction of sp³-hybridized carbons (Fsp3) is 0.944. The van der Waals surface area contributed by atoms with Gasteiger partial charge in [0.15, 0.2) is 0 Å². The molecule has 0 aromatic carbocycles. The van der Waals surface area contributed by atoms with Crippen LogP contribution in [0.25, 0.3) is 0 Å². The van der Waals surface area contributed by atoms with Crippen molar-refractivity contribution in [3.05, 3.63) is 0 Å². The number of rotatable bonds is 24. The Labute approximate surface area is 874 Å². The van der Waals surface area contributed by atoms with Crippen LogP contribution in [0.3, 0.4) is 0 Å². The van der Waals surface area contributed by atoms with Gasteiger partial charge >= 0.3 is 41.8 Å². The van der Waals surface area contributed by atoms with Crippen LogP contribution < -0.4 is 0 Å². The molecule has 3 atom stereocenters. The van der Waals surface area contributed by atoms with Gasteiger partial charge in [-0.25, -0.2) is 0 Å². The second-order valence-electron chi connectivity index (χ2n) is 48.4. The molecule has 3 unspecified atom stereocenters. The first kappa shape index (κ1) is 161. The highest BCUT2D eigenvalue weighted by Gasteiger charge is 2.69. The second kappa shape index (κ2) is 70.2. The van der Waals surface area contributed by atoms with Gasteiger partial charge in [-0.3, -0.25) is 33.6 Å². The molecule has 14 nitrogen and oxygen atoms in total. The Kier molecular flexibility index (Phi) is 81.1. The molecule has 0 spiro atoms. The highest BCUT2D eigenvalue weighted by atomic mass is 16.6. The summed E-state index contributed by atoms with van der Waals surface area (Å²) in [5.74, 6) is 2.22. The van der Waals surface area contributed by atoms with E-state index in [4.69, 9.17) is 33.2 Å². The Morgan fingerprint density at radius 2 is 0.403 bits per heavy atom. The van der Waals surface area contributed by atoms with Crippen molar-refractivity contribution in [1.29, 1.82) is 0 Å². The van der Waals surface area contributed by atoms with Gasteiger partial charge in [0.05, 0.1) is 37.9 Å². The first-order chi connectivity index (χ1) is 57.8. The number of carbonyl (C=O) groups is 7. The van der Waals surface area contributed by atoms with Crippen molar-refractivity contribution in [3.8, 4) is 0 Å². The first-order valence-electron chi connectivity index (χ1n) is 52.4. The Morgan fingerprint density at radius 3 is 0.604 bits per heavy atom. The Hall–Kier alpha value is -3.71. The quantitative estimate of drug-likeness (QED) is 0.0505. The number of hydrogen-bond acceptors (Lipinski definition) is 14. The topological polar surface area (TPSA) is 184 Å². The lowest BCUT2D eigenvalue weighted by molar-refractivity contribution is -0.187. The smallest absolute Gasteiger partial charge is 0.312 e. The number of fused-ring (bicyclic) bond motifs is 2. The zero-order chi connectivity index (χ0) is 95.1. The van der Waals surface area contributed by atoms with Gasteiger partial charge in [-0.1, -0.05) is 302 Å². The highest BCUT2D eigenvalue weighted by molar-refractivity contribution is 5.79. The third kappa shape index (κ3) is 49.3. The fourth-order valence-electron chi connectivity index (χ4n) is 19.8. The van der Waals surface area contributed by atoms with Crippen molar-refractivity contribution >= 4 is 41.8 Å². The lowest BCUT2D eigenvalue weighted by Crippen LogP contribution is -2.49. The number of hydrogen-bond donors (Lipinski definition) is 0. The predicted molar refractivity (Wildman–Crippen MR) is 614 cm³/mol. The molecule has 844 valence electrons. The van der Waals surface area contributed by atoms with Gasteiger partial charge in [-0.2, -0.15) is 0 Å². The minimum atomic E-state index is -0.370. The molecular formula is C125H260O14. The Balaban J connectivity index is -0.000000134. The van der Waals surface area contributed by atoms with Gasteiger partial charge in [-0.05, 0) is 387 Å². The maximum atomic E-state index is 12.8. The summed E-state index contributed by atoms with van der Waals surface area (Å²) in [5.41, 5.74) is -3.73. The van der Waals surface area contributed by atoms with Crippen molar-refractivity contribution in [2.75, 3.05) is 0 Å². The summed E-state index contributed by atoms with van der Waals surface area (Å²) >= 11 is 0. The van der Waals surface area contributed by atoms with Crippen LogP contribution in [-0.2, 0) is 66.7 Å². The van der Waals surface area contributed by atoms with E-state index in [0.29, 0.717) is 23.7 Å². The molecule has 9 aliphatic rings. The number of esters is 7. The average Bonchev–Trinajstić information content (AvgIpc) is 1.53. The summed E-state index contributed by atoms with van der Waals surface area (Å²) in [5, 5.41) is 0. The summed E-state index contributed by atoms with van der Waals surface area (Å²) in [4.78, 5) is 85.8. The van der Waals surface area contributed by atoms with Crippen molar-refractivity contribution in [2.24, 2.45) is 72.4 Å². The summed E-state index contributed by atoms with van der Waals surface area (Å²) in [6.07, 6.45) is 60.6. The van der Waals surface area contributed by atoms with Gasteiger partial charge in [0, 0.05) is 5.41 Å². The minimum absolute atomic E-state index is 0. The summed E-state index contributed by atoms with van der Waals surface area (Å²) in [6, 6.07) is 0. The Bertz CT molecular complexity index is 3110. The minimum Gasteiger partial charge on any atom is -0.459 e. The van der Waals surface area contributed by atoms with E-state index in [1.807, 2.05) is 125 Å². The van der Waals surface area contributed by atoms with E-state index in [0.717, 1.165) is 103 Å². The molecule has 139 heavy (non-hydrogen) atoms. The maximum absolute atomic E-state index is 12.8. The van der Waals surface area contributed by atoms with Gasteiger partial charge in [-0.15, -0.1) is 0 Å². The molecule has 2 bridgehead atoms. The first-order valence-corrected chi connectivity index (χ1v) is 52.4. The molecule has 9 aliphatic carbocycles. The van der Waals surface area contributed by atoms with Crippen LogP contribution in [0, 0.1) is 72.4 Å². The molecule has 0 aromatic heterocycles. The molecular weight excluding hydrogens is 1730 g/mol. The van der Waals surface area contributed by atoms with Crippen LogP contribution >= 0.6 is 0 Å². The Morgan fingerprint density at radius 1 is 0.223 bits per heavy atom. The van der Waals surface area contributed by atoms with E-state index in [1.165, 1.54) is 231 Å². The zero-order valence-corrected chi connectivity index (χ0v) is 88.3. The predicted octanol–water partition coefficient (Wildman–Crippen LogP) is 41.2. The van der Waals surface area contributed by atoms with Gasteiger partial charge in [0.2, 0.25) is 0 Å². The monoisotopic (exact) mass is 1990 g/mol. The number of ether oxygens (including phenoxy) is 7. The van der Waals surface area contributed by atoms with Crippen LogP contribution in [-0.4, -0.2) is 81.0 Å². The van der Waals surface area contributed by atoms with E-state index in [1.54, 1.807) is 0 Å². The highest BCUT2D eigenvalue weighted by Crippen LogP contribution is 2.71.